The van der Waals surface area contributed by atoms with E-state index in [-0.39, 0.29) is 28.8 Å². The molecule has 5 rings (SSSR count). The van der Waals surface area contributed by atoms with Gasteiger partial charge in [-0.25, -0.2) is 0 Å². The highest BCUT2D eigenvalue weighted by Crippen LogP contribution is 2.50. The summed E-state index contributed by atoms with van der Waals surface area (Å²) in [5.74, 6) is 0.567. The fraction of sp³-hybridized carbons (Fsp3) is 0.323. The summed E-state index contributed by atoms with van der Waals surface area (Å²) in [5, 5.41) is 22.3. The molecule has 0 saturated heterocycles. The van der Waals surface area contributed by atoms with Gasteiger partial charge in [-0.1, -0.05) is 29.2 Å². The van der Waals surface area contributed by atoms with Crippen LogP contribution in [-0.2, 0) is 9.59 Å². The van der Waals surface area contributed by atoms with E-state index in [2.05, 4.69) is 21.6 Å². The van der Waals surface area contributed by atoms with Gasteiger partial charge in [0.2, 0.25) is 11.0 Å². The molecule has 0 fully saturated rings. The summed E-state index contributed by atoms with van der Waals surface area (Å²) in [6, 6.07) is 11.4. The number of aryl methyl sites for hydroxylation is 2. The molecule has 3 aromatic rings. The first kappa shape index (κ1) is 30.9. The Bertz CT molecular complexity index is 1740. The predicted octanol–water partition coefficient (Wildman–Crippen LogP) is 5.22. The monoisotopic (exact) mass is 632 g/mol. The maximum atomic E-state index is 13.6. The first-order chi connectivity index (χ1) is 21.2. The third kappa shape index (κ3) is 5.82. The number of nitrogens with zero attached hydrogens (tertiary/aromatic N) is 4. The number of nitrogens with two attached hydrogens (primary N) is 1. The number of thioether (sulfide) groups is 1. The predicted molar refractivity (Wildman–Crippen MR) is 169 cm³/mol. The number of carbonyl (C=O) groups excluding carboxylic acids is 2. The second-order valence-corrected chi connectivity index (χ2v) is 12.4. The summed E-state index contributed by atoms with van der Waals surface area (Å²) in [4.78, 5) is 27.9. The van der Waals surface area contributed by atoms with Crippen LogP contribution in [0.1, 0.15) is 41.9 Å². The Hall–Kier alpha value is -4.54. The fourth-order valence-electron chi connectivity index (χ4n) is 5.39. The van der Waals surface area contributed by atoms with Crippen molar-refractivity contribution in [1.29, 1.82) is 5.26 Å². The maximum Gasteiger partial charge on any atom is 0.234 e. The Morgan fingerprint density at radius 3 is 2.50 bits per heavy atom. The van der Waals surface area contributed by atoms with E-state index in [0.29, 0.717) is 62.8 Å². The van der Waals surface area contributed by atoms with Crippen molar-refractivity contribution >= 4 is 45.6 Å². The van der Waals surface area contributed by atoms with Gasteiger partial charge in [0, 0.05) is 35.0 Å². The standard InChI is InChI=1S/C31H32N6O5S2/c1-16-9-10-18(11-17(16)2)34-26(39)15-43-31-36-35-30(44-31)37-21-7-6-8-22(38)28(21)27(20(14-32)29(37)33)19-12-24(41-4)25(42-5)13-23(19)40-3/h9-13,27H,6-8,15,33H2,1-5H3,(H,34,39). The smallest absolute Gasteiger partial charge is 0.234 e. The molecule has 3 N–H and O–H groups in total. The molecule has 2 aliphatic rings. The first-order valence-electron chi connectivity index (χ1n) is 13.8. The highest BCUT2D eigenvalue weighted by atomic mass is 32.2. The summed E-state index contributed by atoms with van der Waals surface area (Å²) >= 11 is 2.48. The van der Waals surface area contributed by atoms with Crippen molar-refractivity contribution in [2.45, 2.75) is 43.4 Å². The van der Waals surface area contributed by atoms with Gasteiger partial charge in [-0.2, -0.15) is 5.26 Å². The van der Waals surface area contributed by atoms with Crippen molar-refractivity contribution in [3.8, 4) is 23.3 Å². The number of carbonyl (C=O) groups is 2. The van der Waals surface area contributed by atoms with Crippen molar-refractivity contribution in [2.24, 2.45) is 5.73 Å². The maximum absolute atomic E-state index is 13.6. The van der Waals surface area contributed by atoms with Crippen molar-refractivity contribution in [1.82, 2.24) is 10.2 Å². The number of allylic oxidation sites excluding steroid dienone is 3. The first-order valence-corrected chi connectivity index (χ1v) is 15.6. The van der Waals surface area contributed by atoms with Crippen molar-refractivity contribution in [2.75, 3.05) is 37.3 Å². The van der Waals surface area contributed by atoms with Gasteiger partial charge in [-0.3, -0.25) is 14.5 Å². The lowest BCUT2D eigenvalue weighted by molar-refractivity contribution is -0.116. The van der Waals surface area contributed by atoms with Gasteiger partial charge >= 0.3 is 0 Å². The van der Waals surface area contributed by atoms with E-state index in [9.17, 15) is 14.9 Å². The molecule has 2 aromatic carbocycles. The number of hydrogen-bond acceptors (Lipinski definition) is 12. The van der Waals surface area contributed by atoms with Gasteiger partial charge in [0.05, 0.1) is 44.6 Å². The Kier molecular flexibility index (Phi) is 9.12. The second-order valence-electron chi connectivity index (χ2n) is 10.3. The Morgan fingerprint density at radius 2 is 1.82 bits per heavy atom. The summed E-state index contributed by atoms with van der Waals surface area (Å²) in [6.07, 6.45) is 1.51. The van der Waals surface area contributed by atoms with Crippen LogP contribution in [-0.4, -0.2) is 49.0 Å². The van der Waals surface area contributed by atoms with Gasteiger partial charge in [0.1, 0.15) is 11.6 Å². The van der Waals surface area contributed by atoms with Crippen LogP contribution in [0.5, 0.6) is 17.2 Å². The summed E-state index contributed by atoms with van der Waals surface area (Å²) in [7, 11) is 4.55. The van der Waals surface area contributed by atoms with E-state index >= 15 is 0 Å². The minimum atomic E-state index is -0.773. The van der Waals surface area contributed by atoms with Gasteiger partial charge in [-0.15, -0.1) is 10.2 Å². The van der Waals surface area contributed by atoms with E-state index in [1.165, 1.54) is 44.4 Å². The van der Waals surface area contributed by atoms with Crippen LogP contribution in [0.3, 0.4) is 0 Å². The van der Waals surface area contributed by atoms with Crippen molar-refractivity contribution in [3.05, 3.63) is 69.7 Å². The van der Waals surface area contributed by atoms with Crippen LogP contribution in [0.25, 0.3) is 0 Å². The molecule has 44 heavy (non-hydrogen) atoms. The SMILES string of the molecule is COc1cc(OC)c(C2C(C#N)=C(N)N(c3nnc(SCC(=O)Nc4ccc(C)c(C)c4)s3)C3=C2C(=O)CCC3)cc1OC. The zero-order chi connectivity index (χ0) is 31.5. The van der Waals surface area contributed by atoms with Crippen LogP contribution in [0.4, 0.5) is 10.8 Å². The highest BCUT2D eigenvalue weighted by molar-refractivity contribution is 8.01. The zero-order valence-corrected chi connectivity index (χ0v) is 26.6. The van der Waals surface area contributed by atoms with Crippen molar-refractivity contribution in [3.63, 3.8) is 0 Å². The van der Waals surface area contributed by atoms with Gasteiger partial charge in [0.15, 0.2) is 21.6 Å². The van der Waals surface area contributed by atoms with Gasteiger partial charge in [0.25, 0.3) is 0 Å². The topological polar surface area (TPSA) is 153 Å². The molecule has 228 valence electrons. The number of amides is 1. The number of ketones is 1. The second kappa shape index (κ2) is 13.0. The van der Waals surface area contributed by atoms with Crippen LogP contribution in [0, 0.1) is 25.2 Å². The summed E-state index contributed by atoms with van der Waals surface area (Å²) in [6.45, 7) is 4.01. The third-order valence-corrected chi connectivity index (χ3v) is 9.71. The highest BCUT2D eigenvalue weighted by Gasteiger charge is 2.42. The average molecular weight is 633 g/mol. The molecule has 13 heteroatoms. The van der Waals surface area contributed by atoms with E-state index in [1.54, 1.807) is 17.0 Å². The van der Waals surface area contributed by atoms with E-state index in [0.717, 1.165) is 16.8 Å². The van der Waals surface area contributed by atoms with Crippen LogP contribution in [0.2, 0.25) is 0 Å². The molecule has 1 unspecified atom stereocenters. The lowest BCUT2D eigenvalue weighted by atomic mass is 9.75. The van der Waals surface area contributed by atoms with Gasteiger partial charge < -0.3 is 25.3 Å². The summed E-state index contributed by atoms with van der Waals surface area (Å²) in [5.41, 5.74) is 11.6. The Morgan fingerprint density at radius 1 is 1.09 bits per heavy atom. The van der Waals surface area contributed by atoms with E-state index < -0.39 is 5.92 Å². The lowest BCUT2D eigenvalue weighted by Crippen LogP contribution is -2.38. The number of benzene rings is 2. The average Bonchev–Trinajstić information content (AvgIpc) is 3.49. The number of Topliss-reactive ketones (excluding diaryl/α,β-unsaturated/α-hetero) is 1. The number of anilines is 2. The normalized spacial score (nSPS) is 16.4. The number of ether oxygens (including phenoxy) is 3. The number of nitrogens with one attached hydrogen (secondary N) is 1. The molecular weight excluding hydrogens is 601 g/mol. The minimum Gasteiger partial charge on any atom is -0.496 e. The molecule has 1 aliphatic carbocycles. The molecule has 1 aliphatic heterocycles. The molecule has 0 radical (unpaired) electrons. The number of rotatable bonds is 9. The number of methoxy groups -OCH3 is 3. The molecular formula is C31H32N6O5S2. The quantitative estimate of drug-likeness (QED) is 0.299. The molecule has 0 bridgehead atoms. The van der Waals surface area contributed by atoms with E-state index in [4.69, 9.17) is 19.9 Å². The Balaban J connectivity index is 1.47. The van der Waals surface area contributed by atoms with Crippen LogP contribution in [0.15, 0.2) is 57.3 Å². The fourth-order valence-corrected chi connectivity index (χ4v) is 7.07. The van der Waals surface area contributed by atoms with E-state index in [1.807, 2.05) is 32.0 Å². The van der Waals surface area contributed by atoms with Crippen LogP contribution >= 0.6 is 23.1 Å². The molecule has 0 saturated carbocycles. The summed E-state index contributed by atoms with van der Waals surface area (Å²) < 4.78 is 17.2. The number of nitriles is 1. The lowest BCUT2D eigenvalue weighted by Gasteiger charge is -2.38. The largest absolute Gasteiger partial charge is 0.496 e. The Labute approximate surface area is 263 Å². The number of hydrogen-bond donors (Lipinski definition) is 2. The molecule has 2 heterocycles. The van der Waals surface area contributed by atoms with Crippen molar-refractivity contribution < 1.29 is 23.8 Å². The molecule has 0 spiro atoms. The zero-order valence-electron chi connectivity index (χ0n) is 25.0. The van der Waals surface area contributed by atoms with Gasteiger partial charge in [-0.05, 0) is 56.0 Å². The molecule has 1 amide bonds. The third-order valence-electron chi connectivity index (χ3n) is 7.66. The minimum absolute atomic E-state index is 0.0829. The van der Waals surface area contributed by atoms with Crippen LogP contribution < -0.4 is 30.2 Å². The molecule has 1 atom stereocenters. The number of aromatic nitrogens is 2. The molecule has 1 aromatic heterocycles. The molecule has 11 nitrogen and oxygen atoms in total.